The minimum atomic E-state index is -0.602. The number of nitrogens with two attached hydrogens (primary N) is 1. The molecule has 1 aromatic carbocycles. The molecule has 0 spiro atoms. The molecule has 0 bridgehead atoms. The van der Waals surface area contributed by atoms with Gasteiger partial charge in [0, 0.05) is 24.3 Å². The third kappa shape index (κ3) is 3.00. The zero-order chi connectivity index (χ0) is 13.2. The summed E-state index contributed by atoms with van der Waals surface area (Å²) in [5.41, 5.74) is 6.17. The summed E-state index contributed by atoms with van der Waals surface area (Å²) in [7, 11) is 1.89. The Bertz CT molecular complexity index is 396. The molecule has 4 heteroatoms. The number of hydrogen-bond donors (Lipinski definition) is 2. The lowest BCUT2D eigenvalue weighted by Gasteiger charge is -2.29. The largest absolute Gasteiger partial charge is 0.398 e. The first-order chi connectivity index (χ1) is 8.50. The molecule has 0 unspecified atom stereocenters. The Balaban J connectivity index is 2.00. The molecular weight excluding hydrogens is 231 g/mol. The molecule has 0 aromatic heterocycles. The predicted octanol–water partition coefficient (Wildman–Crippen LogP) is 2.14. The number of likely N-dealkylation sites (N-methyl/N-ethyl adjacent to an activating group) is 1. The van der Waals surface area contributed by atoms with E-state index in [1.807, 2.05) is 11.9 Å². The Kier molecular flexibility index (Phi) is 3.88. The van der Waals surface area contributed by atoms with Gasteiger partial charge in [0.15, 0.2) is 0 Å². The molecule has 0 atom stereocenters. The van der Waals surface area contributed by atoms with Crippen LogP contribution in [0.4, 0.5) is 10.1 Å². The van der Waals surface area contributed by atoms with Crippen LogP contribution in [-0.2, 0) is 6.54 Å². The normalized spacial score (nSPS) is 18.4. The number of nitrogen functional groups attached to an aromatic ring is 1. The van der Waals surface area contributed by atoms with Crippen molar-refractivity contribution in [3.05, 3.63) is 29.6 Å². The van der Waals surface area contributed by atoms with Gasteiger partial charge in [-0.05, 0) is 32.0 Å². The topological polar surface area (TPSA) is 49.5 Å². The highest BCUT2D eigenvalue weighted by atomic mass is 19.1. The van der Waals surface area contributed by atoms with Crippen molar-refractivity contribution in [1.82, 2.24) is 4.90 Å². The fourth-order valence-corrected chi connectivity index (χ4v) is 2.76. The third-order valence-corrected chi connectivity index (χ3v) is 3.68. The molecule has 1 fully saturated rings. The minimum Gasteiger partial charge on any atom is -0.398 e. The van der Waals surface area contributed by atoms with E-state index in [0.717, 1.165) is 25.7 Å². The molecule has 1 aliphatic rings. The molecule has 0 aliphatic heterocycles. The van der Waals surface area contributed by atoms with Crippen molar-refractivity contribution in [3.63, 3.8) is 0 Å². The van der Waals surface area contributed by atoms with Crippen molar-refractivity contribution in [3.8, 4) is 0 Å². The van der Waals surface area contributed by atoms with Crippen molar-refractivity contribution in [2.24, 2.45) is 0 Å². The quantitative estimate of drug-likeness (QED) is 0.807. The van der Waals surface area contributed by atoms with E-state index in [4.69, 9.17) is 5.73 Å². The van der Waals surface area contributed by atoms with Crippen molar-refractivity contribution < 1.29 is 9.50 Å². The smallest absolute Gasteiger partial charge is 0.129 e. The summed E-state index contributed by atoms with van der Waals surface area (Å²) in [5.74, 6) is -0.278. The average Bonchev–Trinajstić information content (AvgIpc) is 2.70. The van der Waals surface area contributed by atoms with E-state index in [0.29, 0.717) is 24.3 Å². The van der Waals surface area contributed by atoms with Crippen LogP contribution in [0.5, 0.6) is 0 Å². The highest BCUT2D eigenvalue weighted by Crippen LogP contribution is 2.30. The lowest BCUT2D eigenvalue weighted by Crippen LogP contribution is -2.39. The van der Waals surface area contributed by atoms with Gasteiger partial charge in [-0.1, -0.05) is 18.9 Å². The van der Waals surface area contributed by atoms with Crippen LogP contribution < -0.4 is 5.73 Å². The van der Waals surface area contributed by atoms with Crippen molar-refractivity contribution in [1.29, 1.82) is 0 Å². The third-order valence-electron chi connectivity index (χ3n) is 3.68. The van der Waals surface area contributed by atoms with Crippen molar-refractivity contribution >= 4 is 5.69 Å². The van der Waals surface area contributed by atoms with Gasteiger partial charge < -0.3 is 10.8 Å². The Morgan fingerprint density at radius 1 is 1.39 bits per heavy atom. The van der Waals surface area contributed by atoms with Gasteiger partial charge in [-0.15, -0.1) is 0 Å². The van der Waals surface area contributed by atoms with Crippen LogP contribution in [0.3, 0.4) is 0 Å². The fourth-order valence-electron chi connectivity index (χ4n) is 2.76. The summed E-state index contributed by atoms with van der Waals surface area (Å²) in [6.45, 7) is 1.00. The second-order valence-electron chi connectivity index (χ2n) is 5.41. The van der Waals surface area contributed by atoms with Gasteiger partial charge in [-0.25, -0.2) is 4.39 Å². The first-order valence-corrected chi connectivity index (χ1v) is 6.44. The molecule has 3 N–H and O–H groups in total. The maximum Gasteiger partial charge on any atom is 0.129 e. The first kappa shape index (κ1) is 13.3. The lowest BCUT2D eigenvalue weighted by molar-refractivity contribution is 0.0143. The molecule has 1 aromatic rings. The number of nitrogens with zero attached hydrogens (tertiary/aromatic N) is 1. The van der Waals surface area contributed by atoms with Crippen LogP contribution in [-0.4, -0.2) is 29.2 Å². The maximum absolute atomic E-state index is 13.7. The number of anilines is 1. The van der Waals surface area contributed by atoms with Gasteiger partial charge in [0.05, 0.1) is 5.60 Å². The second kappa shape index (κ2) is 5.24. The predicted molar refractivity (Wildman–Crippen MR) is 70.6 cm³/mol. The Hall–Kier alpha value is -1.13. The summed E-state index contributed by atoms with van der Waals surface area (Å²) in [5, 5.41) is 10.3. The van der Waals surface area contributed by atoms with Crippen LogP contribution >= 0.6 is 0 Å². The van der Waals surface area contributed by atoms with Gasteiger partial charge in [-0.2, -0.15) is 0 Å². The van der Waals surface area contributed by atoms with Gasteiger partial charge in [0.1, 0.15) is 5.82 Å². The van der Waals surface area contributed by atoms with E-state index in [1.165, 1.54) is 6.07 Å². The van der Waals surface area contributed by atoms with Crippen LogP contribution in [0.25, 0.3) is 0 Å². The lowest BCUT2D eigenvalue weighted by atomic mass is 10.0. The monoisotopic (exact) mass is 252 g/mol. The van der Waals surface area contributed by atoms with Crippen LogP contribution in [0.2, 0.25) is 0 Å². The standard InChI is InChI=1S/C14H21FN2O/c1-17(10-14(18)7-2-3-8-14)9-11-12(15)5-4-6-13(11)16/h4-6,18H,2-3,7-10,16H2,1H3. The highest BCUT2D eigenvalue weighted by molar-refractivity contribution is 5.47. The van der Waals surface area contributed by atoms with Crippen molar-refractivity contribution in [2.45, 2.75) is 37.8 Å². The molecule has 2 rings (SSSR count). The molecule has 0 amide bonds. The summed E-state index contributed by atoms with van der Waals surface area (Å²) >= 11 is 0. The average molecular weight is 252 g/mol. The summed E-state index contributed by atoms with van der Waals surface area (Å²) in [4.78, 5) is 1.94. The molecule has 1 saturated carbocycles. The van der Waals surface area contributed by atoms with Crippen LogP contribution in [0.1, 0.15) is 31.2 Å². The van der Waals surface area contributed by atoms with E-state index < -0.39 is 5.60 Å². The number of rotatable bonds is 4. The first-order valence-electron chi connectivity index (χ1n) is 6.44. The molecule has 100 valence electrons. The molecule has 0 heterocycles. The van der Waals surface area contributed by atoms with Crippen LogP contribution in [0.15, 0.2) is 18.2 Å². The van der Waals surface area contributed by atoms with E-state index >= 15 is 0 Å². The SMILES string of the molecule is CN(Cc1c(N)cccc1F)CC1(O)CCCC1. The fraction of sp³-hybridized carbons (Fsp3) is 0.571. The Labute approximate surface area is 107 Å². The number of benzene rings is 1. The molecule has 3 nitrogen and oxygen atoms in total. The maximum atomic E-state index is 13.7. The van der Waals surface area contributed by atoms with E-state index in [1.54, 1.807) is 12.1 Å². The van der Waals surface area contributed by atoms with E-state index in [2.05, 4.69) is 0 Å². The molecule has 0 saturated heterocycles. The summed E-state index contributed by atoms with van der Waals surface area (Å²) in [6.07, 6.45) is 3.83. The Morgan fingerprint density at radius 3 is 2.67 bits per heavy atom. The zero-order valence-electron chi connectivity index (χ0n) is 10.8. The minimum absolute atomic E-state index is 0.278. The van der Waals surface area contributed by atoms with Crippen molar-refractivity contribution in [2.75, 3.05) is 19.3 Å². The van der Waals surface area contributed by atoms with E-state index in [-0.39, 0.29) is 5.82 Å². The number of hydrogen-bond acceptors (Lipinski definition) is 3. The van der Waals surface area contributed by atoms with E-state index in [9.17, 15) is 9.50 Å². The summed E-state index contributed by atoms with van der Waals surface area (Å²) < 4.78 is 13.7. The number of aliphatic hydroxyl groups is 1. The Morgan fingerprint density at radius 2 is 2.06 bits per heavy atom. The molecule has 18 heavy (non-hydrogen) atoms. The summed E-state index contributed by atoms with van der Waals surface area (Å²) in [6, 6.07) is 4.74. The second-order valence-corrected chi connectivity index (χ2v) is 5.41. The highest BCUT2D eigenvalue weighted by Gasteiger charge is 2.32. The van der Waals surface area contributed by atoms with Gasteiger partial charge in [0.25, 0.3) is 0 Å². The van der Waals surface area contributed by atoms with Gasteiger partial charge in [-0.3, -0.25) is 4.90 Å². The van der Waals surface area contributed by atoms with Gasteiger partial charge in [0.2, 0.25) is 0 Å². The van der Waals surface area contributed by atoms with Gasteiger partial charge >= 0.3 is 0 Å². The zero-order valence-corrected chi connectivity index (χ0v) is 10.8. The van der Waals surface area contributed by atoms with Crippen LogP contribution in [0, 0.1) is 5.82 Å². The number of halogens is 1. The molecular formula is C14H21FN2O. The molecule has 0 radical (unpaired) electrons. The molecule has 1 aliphatic carbocycles.